The Bertz CT molecular complexity index is 576. The van der Waals surface area contributed by atoms with Gasteiger partial charge in [-0.1, -0.05) is 6.07 Å². The standard InChI is InChI=1S/C19H34BNO2S/c1-10-21(11-2)16-13-12-15(14-17(16)24(7,8)9)20-22-18(3,4)19(5,6)23-20/h12-14H,10-11H2,1-9H3. The third-order valence-corrected chi connectivity index (χ3v) is 6.92. The minimum atomic E-state index is -0.861. The highest BCUT2D eigenvalue weighted by Gasteiger charge is 2.51. The highest BCUT2D eigenvalue weighted by atomic mass is 32.3. The average molecular weight is 351 g/mol. The lowest BCUT2D eigenvalue weighted by Gasteiger charge is -2.34. The number of nitrogens with zero attached hydrogens (tertiary/aromatic N) is 1. The van der Waals surface area contributed by atoms with Gasteiger partial charge in [-0.2, -0.15) is 0 Å². The van der Waals surface area contributed by atoms with E-state index in [0.717, 1.165) is 18.6 Å². The molecular formula is C19H34BNO2S. The molecule has 0 spiro atoms. The van der Waals surface area contributed by atoms with E-state index < -0.39 is 10.0 Å². The topological polar surface area (TPSA) is 21.7 Å². The van der Waals surface area contributed by atoms with E-state index in [0.29, 0.717) is 0 Å². The molecule has 0 amide bonds. The van der Waals surface area contributed by atoms with Crippen LogP contribution in [0.25, 0.3) is 0 Å². The SMILES string of the molecule is CCN(CC)c1ccc(B2OC(C)(C)C(C)(C)O2)cc1S(C)(C)C. The Balaban J connectivity index is 2.45. The molecule has 0 unspecified atom stereocenters. The number of anilines is 1. The number of hydrogen-bond donors (Lipinski definition) is 0. The van der Waals surface area contributed by atoms with Crippen LogP contribution < -0.4 is 10.4 Å². The van der Waals surface area contributed by atoms with E-state index in [1.807, 2.05) is 0 Å². The van der Waals surface area contributed by atoms with Gasteiger partial charge in [0.1, 0.15) is 0 Å². The van der Waals surface area contributed by atoms with Crippen molar-refractivity contribution < 1.29 is 9.31 Å². The maximum Gasteiger partial charge on any atom is 0.494 e. The Morgan fingerprint density at radius 3 is 1.88 bits per heavy atom. The Labute approximate surface area is 150 Å². The lowest BCUT2D eigenvalue weighted by Crippen LogP contribution is -2.41. The molecular weight excluding hydrogens is 317 g/mol. The third-order valence-electron chi connectivity index (χ3n) is 5.27. The smallest absolute Gasteiger partial charge is 0.399 e. The van der Waals surface area contributed by atoms with Crippen LogP contribution in [0.3, 0.4) is 0 Å². The third kappa shape index (κ3) is 3.63. The summed E-state index contributed by atoms with van der Waals surface area (Å²) in [6.07, 6.45) is 7.05. The molecule has 1 aliphatic rings. The van der Waals surface area contributed by atoms with Crippen molar-refractivity contribution in [1.29, 1.82) is 0 Å². The number of benzene rings is 1. The normalized spacial score (nSPS) is 20.3. The Morgan fingerprint density at radius 2 is 1.46 bits per heavy atom. The zero-order valence-electron chi connectivity index (χ0n) is 16.9. The largest absolute Gasteiger partial charge is 0.494 e. The van der Waals surface area contributed by atoms with E-state index in [-0.39, 0.29) is 18.3 Å². The van der Waals surface area contributed by atoms with Gasteiger partial charge in [0.05, 0.1) is 11.2 Å². The highest BCUT2D eigenvalue weighted by molar-refractivity contribution is 8.32. The molecule has 1 aromatic carbocycles. The van der Waals surface area contributed by atoms with E-state index in [1.54, 1.807) is 0 Å². The van der Waals surface area contributed by atoms with Crippen LogP contribution in [0.5, 0.6) is 0 Å². The average Bonchev–Trinajstić information content (AvgIpc) is 2.68. The Kier molecular flexibility index (Phi) is 5.40. The highest BCUT2D eigenvalue weighted by Crippen LogP contribution is 2.50. The van der Waals surface area contributed by atoms with Gasteiger partial charge < -0.3 is 14.2 Å². The number of hydrogen-bond acceptors (Lipinski definition) is 3. The zero-order valence-corrected chi connectivity index (χ0v) is 17.7. The first kappa shape index (κ1) is 19.7. The molecule has 1 fully saturated rings. The molecule has 1 heterocycles. The summed E-state index contributed by atoms with van der Waals surface area (Å²) in [6.45, 7) is 14.9. The van der Waals surface area contributed by atoms with Crippen LogP contribution >= 0.6 is 10.0 Å². The van der Waals surface area contributed by atoms with Crippen LogP contribution in [0, 0.1) is 0 Å². The summed E-state index contributed by atoms with van der Waals surface area (Å²) in [5, 5.41) is 0. The lowest BCUT2D eigenvalue weighted by molar-refractivity contribution is 0.00578. The van der Waals surface area contributed by atoms with Crippen LogP contribution in [0.1, 0.15) is 41.5 Å². The predicted octanol–water partition coefficient (Wildman–Crippen LogP) is 3.88. The molecule has 0 saturated carbocycles. The van der Waals surface area contributed by atoms with Gasteiger partial charge in [0.2, 0.25) is 0 Å². The molecule has 1 aromatic rings. The van der Waals surface area contributed by atoms with E-state index in [9.17, 15) is 0 Å². The van der Waals surface area contributed by atoms with Crippen LogP contribution in [0.15, 0.2) is 23.1 Å². The van der Waals surface area contributed by atoms with Gasteiger partial charge in [0, 0.05) is 23.7 Å². The molecule has 2 rings (SSSR count). The molecule has 0 aliphatic carbocycles. The fraction of sp³-hybridized carbons (Fsp3) is 0.684. The first-order valence-electron chi connectivity index (χ1n) is 8.86. The number of rotatable bonds is 5. The van der Waals surface area contributed by atoms with Gasteiger partial charge in [-0.3, -0.25) is 0 Å². The van der Waals surface area contributed by atoms with Crippen molar-refractivity contribution in [3.05, 3.63) is 18.2 Å². The Hall–Kier alpha value is -0.645. The molecule has 0 aromatic heterocycles. The lowest BCUT2D eigenvalue weighted by atomic mass is 9.79. The zero-order chi connectivity index (χ0) is 18.3. The minimum Gasteiger partial charge on any atom is -0.399 e. The molecule has 5 heteroatoms. The van der Waals surface area contributed by atoms with Gasteiger partial charge in [-0.05, 0) is 77.9 Å². The van der Waals surface area contributed by atoms with Crippen molar-refractivity contribution in [1.82, 2.24) is 0 Å². The van der Waals surface area contributed by atoms with Crippen molar-refractivity contribution >= 4 is 28.3 Å². The van der Waals surface area contributed by atoms with Gasteiger partial charge in [0.25, 0.3) is 0 Å². The van der Waals surface area contributed by atoms with Crippen molar-refractivity contribution in [2.75, 3.05) is 36.8 Å². The molecule has 1 aliphatic heterocycles. The maximum atomic E-state index is 6.24. The molecule has 0 atom stereocenters. The van der Waals surface area contributed by atoms with E-state index in [4.69, 9.17) is 9.31 Å². The summed E-state index contributed by atoms with van der Waals surface area (Å²) in [5.74, 6) is 0. The first-order chi connectivity index (χ1) is 10.9. The molecule has 1 saturated heterocycles. The quantitative estimate of drug-likeness (QED) is 0.752. The second-order valence-electron chi connectivity index (χ2n) is 8.32. The minimum absolute atomic E-state index is 0.291. The molecule has 0 radical (unpaired) electrons. The van der Waals surface area contributed by atoms with Crippen LogP contribution in [0.2, 0.25) is 0 Å². The molecule has 136 valence electrons. The van der Waals surface area contributed by atoms with Crippen molar-refractivity contribution in [3.63, 3.8) is 0 Å². The monoisotopic (exact) mass is 351 g/mol. The predicted molar refractivity (Wildman–Crippen MR) is 109 cm³/mol. The fourth-order valence-corrected chi connectivity index (χ4v) is 4.29. The molecule has 0 bridgehead atoms. The van der Waals surface area contributed by atoms with Gasteiger partial charge in [-0.25, -0.2) is 10.0 Å². The second kappa shape index (κ2) is 6.58. The van der Waals surface area contributed by atoms with E-state index in [2.05, 4.69) is 83.4 Å². The molecule has 0 N–H and O–H groups in total. The van der Waals surface area contributed by atoms with Crippen LogP contribution in [0.4, 0.5) is 5.69 Å². The molecule has 24 heavy (non-hydrogen) atoms. The van der Waals surface area contributed by atoms with E-state index in [1.165, 1.54) is 10.6 Å². The maximum absolute atomic E-state index is 6.24. The summed E-state index contributed by atoms with van der Waals surface area (Å²) < 4.78 is 12.5. The Morgan fingerprint density at radius 1 is 0.958 bits per heavy atom. The van der Waals surface area contributed by atoms with Gasteiger partial charge in [0.15, 0.2) is 0 Å². The van der Waals surface area contributed by atoms with Crippen molar-refractivity contribution in [2.24, 2.45) is 0 Å². The summed E-state index contributed by atoms with van der Waals surface area (Å²) in [7, 11) is -1.15. The van der Waals surface area contributed by atoms with Crippen molar-refractivity contribution in [3.8, 4) is 0 Å². The second-order valence-corrected chi connectivity index (χ2v) is 12.4. The van der Waals surface area contributed by atoms with Crippen molar-refractivity contribution in [2.45, 2.75) is 57.6 Å². The van der Waals surface area contributed by atoms with Crippen LogP contribution in [-0.4, -0.2) is 50.2 Å². The molecule has 3 nitrogen and oxygen atoms in total. The first-order valence-corrected chi connectivity index (χ1v) is 11.7. The summed E-state index contributed by atoms with van der Waals surface area (Å²) in [6, 6.07) is 6.73. The van der Waals surface area contributed by atoms with Crippen LogP contribution in [-0.2, 0) is 9.31 Å². The summed E-state index contributed by atoms with van der Waals surface area (Å²) >= 11 is 0. The van der Waals surface area contributed by atoms with E-state index >= 15 is 0 Å². The summed E-state index contributed by atoms with van der Waals surface area (Å²) in [4.78, 5) is 3.86. The summed E-state index contributed by atoms with van der Waals surface area (Å²) in [5.41, 5.74) is 1.87. The fourth-order valence-electron chi connectivity index (χ4n) is 2.97. The van der Waals surface area contributed by atoms with Gasteiger partial charge in [-0.15, -0.1) is 0 Å². The van der Waals surface area contributed by atoms with Gasteiger partial charge >= 0.3 is 7.12 Å².